The number of aliphatic hydroxyl groups is 4. The molecule has 10 heteroatoms. The summed E-state index contributed by atoms with van der Waals surface area (Å²) in [5.74, 6) is -1.53. The monoisotopic (exact) mass is 314 g/mol. The van der Waals surface area contributed by atoms with Crippen LogP contribution in [-0.4, -0.2) is 67.9 Å². The van der Waals surface area contributed by atoms with Gasteiger partial charge in [0.15, 0.2) is 0 Å². The molecule has 0 aliphatic carbocycles. The summed E-state index contributed by atoms with van der Waals surface area (Å²) in [6.45, 7) is -0.614. The van der Waals surface area contributed by atoms with Gasteiger partial charge in [0, 0.05) is 26.1 Å². The quantitative estimate of drug-likeness (QED) is 0.283. The topological polar surface area (TPSA) is 165 Å². The Morgan fingerprint density at radius 2 is 1.36 bits per heavy atom. The van der Waals surface area contributed by atoms with Crippen molar-refractivity contribution >= 4 is 11.8 Å². The zero-order chi connectivity index (χ0) is 16.5. The number of carbonyl (C=O) groups is 2. The highest BCUT2D eigenvalue weighted by atomic mass is 16.3. The largest absolute Gasteiger partial charge is 0.396 e. The van der Waals surface area contributed by atoms with E-state index in [4.69, 9.17) is 10.2 Å². The fourth-order valence-corrected chi connectivity index (χ4v) is 1.42. The lowest BCUT2D eigenvalue weighted by atomic mass is 10.3. The average molecular weight is 314 g/mol. The van der Waals surface area contributed by atoms with Gasteiger partial charge in [0.25, 0.3) is 11.8 Å². The van der Waals surface area contributed by atoms with E-state index in [0.29, 0.717) is 0 Å². The summed E-state index contributed by atoms with van der Waals surface area (Å²) in [7, 11) is 0. The molecule has 0 radical (unpaired) electrons. The number of nitrogens with one attached hydrogen (secondary N) is 2. The normalized spacial score (nSPS) is 13.3. The average Bonchev–Trinajstić information content (AvgIpc) is 2.47. The highest BCUT2D eigenvalue weighted by Gasteiger charge is 2.17. The number of aromatic nitrogens is 2. The molecule has 22 heavy (non-hydrogen) atoms. The summed E-state index contributed by atoms with van der Waals surface area (Å²) in [4.78, 5) is 31.0. The molecule has 0 aromatic carbocycles. The molecular weight excluding hydrogens is 296 g/mol. The van der Waals surface area contributed by atoms with Crippen molar-refractivity contribution < 1.29 is 30.0 Å². The molecule has 1 heterocycles. The summed E-state index contributed by atoms with van der Waals surface area (Å²) in [6.07, 6.45) is -0.394. The summed E-state index contributed by atoms with van der Waals surface area (Å²) in [5, 5.41) is 40.3. The molecule has 0 bridgehead atoms. The Hall–Kier alpha value is -2.14. The minimum absolute atomic E-state index is 0.0489. The lowest BCUT2D eigenvalue weighted by Gasteiger charge is -2.12. The first-order chi connectivity index (χ1) is 10.5. The Bertz CT molecular complexity index is 471. The standard InChI is InChI=1S/C12H18N4O6/c17-3-1-9(19)15-11(21)7-5-13-6-8(14-7)12(22)16-10(20)2-4-18/h5-6,9-10,17-20H,1-4H2,(H,15,21)(H,16,22). The van der Waals surface area contributed by atoms with Crippen LogP contribution in [0.4, 0.5) is 0 Å². The predicted molar refractivity (Wildman–Crippen MR) is 72.4 cm³/mol. The second-order valence-corrected chi connectivity index (χ2v) is 4.29. The van der Waals surface area contributed by atoms with Crippen LogP contribution in [0.15, 0.2) is 12.4 Å². The summed E-state index contributed by atoms with van der Waals surface area (Å²) in [6, 6.07) is 0. The summed E-state index contributed by atoms with van der Waals surface area (Å²) >= 11 is 0. The lowest BCUT2D eigenvalue weighted by Crippen LogP contribution is -2.37. The number of aliphatic hydroxyl groups excluding tert-OH is 4. The van der Waals surface area contributed by atoms with Crippen LogP contribution in [0, 0.1) is 0 Å². The van der Waals surface area contributed by atoms with Crippen LogP contribution in [0.3, 0.4) is 0 Å². The second-order valence-electron chi connectivity index (χ2n) is 4.29. The van der Waals surface area contributed by atoms with E-state index >= 15 is 0 Å². The molecule has 1 aromatic rings. The molecule has 10 nitrogen and oxygen atoms in total. The molecule has 0 saturated carbocycles. The Morgan fingerprint density at radius 1 is 0.955 bits per heavy atom. The fourth-order valence-electron chi connectivity index (χ4n) is 1.42. The number of rotatable bonds is 8. The van der Waals surface area contributed by atoms with E-state index in [1.165, 1.54) is 0 Å². The van der Waals surface area contributed by atoms with Gasteiger partial charge in [0.05, 0.1) is 12.4 Å². The van der Waals surface area contributed by atoms with E-state index in [1.807, 2.05) is 0 Å². The molecule has 0 saturated heterocycles. The first-order valence-corrected chi connectivity index (χ1v) is 6.49. The maximum Gasteiger partial charge on any atom is 0.273 e. The van der Waals surface area contributed by atoms with Gasteiger partial charge in [-0.1, -0.05) is 0 Å². The van der Waals surface area contributed by atoms with Crippen molar-refractivity contribution in [2.24, 2.45) is 0 Å². The van der Waals surface area contributed by atoms with Gasteiger partial charge in [-0.05, 0) is 0 Å². The number of carbonyl (C=O) groups excluding carboxylic acids is 2. The van der Waals surface area contributed by atoms with Gasteiger partial charge in [-0.25, -0.2) is 4.98 Å². The van der Waals surface area contributed by atoms with Gasteiger partial charge >= 0.3 is 0 Å². The Kier molecular flexibility index (Phi) is 7.32. The minimum Gasteiger partial charge on any atom is -0.396 e. The van der Waals surface area contributed by atoms with Gasteiger partial charge < -0.3 is 31.1 Å². The highest BCUT2D eigenvalue weighted by molar-refractivity contribution is 5.95. The Labute approximate surface area is 125 Å². The van der Waals surface area contributed by atoms with Crippen molar-refractivity contribution in [1.29, 1.82) is 0 Å². The Morgan fingerprint density at radius 3 is 1.73 bits per heavy atom. The number of hydrogen-bond donors (Lipinski definition) is 6. The van der Waals surface area contributed by atoms with Crippen LogP contribution in [0.5, 0.6) is 0 Å². The van der Waals surface area contributed by atoms with Gasteiger partial charge in [-0.2, -0.15) is 0 Å². The molecule has 1 aromatic heterocycles. The van der Waals surface area contributed by atoms with Crippen molar-refractivity contribution in [3.8, 4) is 0 Å². The zero-order valence-electron chi connectivity index (χ0n) is 11.6. The van der Waals surface area contributed by atoms with Gasteiger partial charge in [0.1, 0.15) is 23.8 Å². The third-order valence-corrected chi connectivity index (χ3v) is 2.50. The number of amides is 2. The molecule has 0 aliphatic heterocycles. The van der Waals surface area contributed by atoms with Gasteiger partial charge in [-0.15, -0.1) is 0 Å². The van der Waals surface area contributed by atoms with Crippen molar-refractivity contribution in [2.75, 3.05) is 13.2 Å². The predicted octanol–water partition coefficient (Wildman–Crippen LogP) is -2.66. The molecule has 2 atom stereocenters. The highest BCUT2D eigenvalue weighted by Crippen LogP contribution is 1.99. The first-order valence-electron chi connectivity index (χ1n) is 6.49. The second kappa shape index (κ2) is 9.00. The van der Waals surface area contributed by atoms with Gasteiger partial charge in [-0.3, -0.25) is 14.6 Å². The smallest absolute Gasteiger partial charge is 0.273 e. The van der Waals surface area contributed by atoms with Crippen LogP contribution < -0.4 is 10.6 Å². The van der Waals surface area contributed by atoms with E-state index in [9.17, 15) is 19.8 Å². The molecule has 2 unspecified atom stereocenters. The molecule has 0 fully saturated rings. The number of nitrogens with zero attached hydrogens (tertiary/aromatic N) is 2. The van der Waals surface area contributed by atoms with Crippen molar-refractivity contribution in [3.63, 3.8) is 0 Å². The molecule has 6 N–H and O–H groups in total. The van der Waals surface area contributed by atoms with E-state index in [-0.39, 0.29) is 37.4 Å². The van der Waals surface area contributed by atoms with Crippen LogP contribution in [-0.2, 0) is 0 Å². The summed E-state index contributed by atoms with van der Waals surface area (Å²) < 4.78 is 0. The van der Waals surface area contributed by atoms with Crippen LogP contribution in [0.25, 0.3) is 0 Å². The third kappa shape index (κ3) is 5.69. The van der Waals surface area contributed by atoms with E-state index in [2.05, 4.69) is 20.6 Å². The minimum atomic E-state index is -1.25. The van der Waals surface area contributed by atoms with Crippen molar-refractivity contribution in [3.05, 3.63) is 23.8 Å². The number of hydrogen-bond acceptors (Lipinski definition) is 8. The van der Waals surface area contributed by atoms with Gasteiger partial charge in [0.2, 0.25) is 0 Å². The van der Waals surface area contributed by atoms with Crippen molar-refractivity contribution in [1.82, 2.24) is 20.6 Å². The summed E-state index contributed by atoms with van der Waals surface area (Å²) in [5.41, 5.74) is -0.414. The maximum atomic E-state index is 11.8. The molecule has 0 aliphatic rings. The lowest BCUT2D eigenvalue weighted by molar-refractivity contribution is 0.0702. The first kappa shape index (κ1) is 17.9. The Balaban J connectivity index is 2.72. The molecule has 0 spiro atoms. The van der Waals surface area contributed by atoms with Crippen LogP contribution in [0.2, 0.25) is 0 Å². The molecule has 122 valence electrons. The van der Waals surface area contributed by atoms with E-state index < -0.39 is 24.3 Å². The van der Waals surface area contributed by atoms with Crippen LogP contribution >= 0.6 is 0 Å². The molecular formula is C12H18N4O6. The van der Waals surface area contributed by atoms with E-state index in [1.54, 1.807) is 0 Å². The third-order valence-electron chi connectivity index (χ3n) is 2.50. The van der Waals surface area contributed by atoms with Crippen molar-refractivity contribution in [2.45, 2.75) is 25.3 Å². The maximum absolute atomic E-state index is 11.8. The fraction of sp³-hybridized carbons (Fsp3) is 0.500. The van der Waals surface area contributed by atoms with Crippen LogP contribution in [0.1, 0.15) is 33.8 Å². The molecule has 2 amide bonds. The SMILES string of the molecule is O=C(NC(O)CCO)c1cncc(C(=O)NC(O)CCO)n1. The zero-order valence-corrected chi connectivity index (χ0v) is 11.6. The van der Waals surface area contributed by atoms with E-state index in [0.717, 1.165) is 12.4 Å². The molecule has 1 rings (SSSR count).